The highest BCUT2D eigenvalue weighted by molar-refractivity contribution is 7.99. The highest BCUT2D eigenvalue weighted by atomic mass is 32.2. The SMILES string of the molecule is CCCC1(CNC2CSCC2C)CCN(C(=O)OC(C)(C)C)CC1. The van der Waals surface area contributed by atoms with Crippen molar-refractivity contribution in [2.45, 2.75) is 71.9 Å². The first-order valence-electron chi connectivity index (χ1n) is 9.54. The van der Waals surface area contributed by atoms with Gasteiger partial charge in [0.1, 0.15) is 5.60 Å². The molecular weight excluding hydrogens is 320 g/mol. The summed E-state index contributed by atoms with van der Waals surface area (Å²) in [5.74, 6) is 3.30. The number of carbonyl (C=O) groups excluding carboxylic acids is 1. The van der Waals surface area contributed by atoms with Crippen molar-refractivity contribution >= 4 is 17.9 Å². The van der Waals surface area contributed by atoms with Crippen LogP contribution >= 0.6 is 11.8 Å². The van der Waals surface area contributed by atoms with E-state index >= 15 is 0 Å². The van der Waals surface area contributed by atoms with Gasteiger partial charge in [-0.15, -0.1) is 0 Å². The van der Waals surface area contributed by atoms with E-state index in [-0.39, 0.29) is 6.09 Å². The van der Waals surface area contributed by atoms with E-state index in [9.17, 15) is 4.79 Å². The molecule has 2 saturated heterocycles. The van der Waals surface area contributed by atoms with Gasteiger partial charge in [0.15, 0.2) is 0 Å². The Bertz CT molecular complexity index is 414. The molecule has 0 aliphatic carbocycles. The fraction of sp³-hybridized carbons (Fsp3) is 0.947. The molecule has 2 rings (SSSR count). The number of thioether (sulfide) groups is 1. The number of hydrogen-bond donors (Lipinski definition) is 1. The second-order valence-electron chi connectivity index (χ2n) is 8.72. The van der Waals surface area contributed by atoms with Crippen molar-refractivity contribution in [1.82, 2.24) is 10.2 Å². The van der Waals surface area contributed by atoms with Gasteiger partial charge >= 0.3 is 6.09 Å². The average molecular weight is 357 g/mol. The molecule has 2 heterocycles. The molecule has 0 spiro atoms. The highest BCUT2D eigenvalue weighted by Gasteiger charge is 2.37. The van der Waals surface area contributed by atoms with E-state index in [1.165, 1.54) is 24.3 Å². The summed E-state index contributed by atoms with van der Waals surface area (Å²) in [4.78, 5) is 14.2. The van der Waals surface area contributed by atoms with Gasteiger partial charge in [-0.05, 0) is 57.1 Å². The molecular formula is C19H36N2O2S. The molecule has 1 amide bonds. The lowest BCUT2D eigenvalue weighted by Crippen LogP contribution is -2.50. The monoisotopic (exact) mass is 356 g/mol. The molecule has 0 radical (unpaired) electrons. The maximum absolute atomic E-state index is 12.3. The van der Waals surface area contributed by atoms with Crippen LogP contribution in [-0.4, -0.2) is 53.8 Å². The molecule has 0 aromatic carbocycles. The Morgan fingerprint density at radius 3 is 2.46 bits per heavy atom. The second-order valence-corrected chi connectivity index (χ2v) is 9.79. The number of nitrogens with one attached hydrogen (secondary N) is 1. The number of nitrogens with zero attached hydrogens (tertiary/aromatic N) is 1. The van der Waals surface area contributed by atoms with Gasteiger partial charge in [-0.25, -0.2) is 4.79 Å². The van der Waals surface area contributed by atoms with Crippen LogP contribution in [0.25, 0.3) is 0 Å². The number of likely N-dealkylation sites (tertiary alicyclic amines) is 1. The standard InChI is InChI=1S/C19H36N2O2S/c1-6-7-19(14-20-16-13-24-12-15(16)2)8-10-21(11-9-19)17(22)23-18(3,4)5/h15-16,20H,6-14H2,1-5H3. The number of piperidine rings is 1. The third-order valence-electron chi connectivity index (χ3n) is 5.36. The maximum Gasteiger partial charge on any atom is 0.410 e. The van der Waals surface area contributed by atoms with Crippen LogP contribution in [0.5, 0.6) is 0 Å². The first kappa shape index (κ1) is 19.9. The quantitative estimate of drug-likeness (QED) is 0.804. The lowest BCUT2D eigenvalue weighted by atomic mass is 9.74. The van der Waals surface area contributed by atoms with Crippen molar-refractivity contribution in [3.8, 4) is 0 Å². The molecule has 2 atom stereocenters. The summed E-state index contributed by atoms with van der Waals surface area (Å²) in [6.45, 7) is 13.2. The average Bonchev–Trinajstić information content (AvgIpc) is 2.90. The van der Waals surface area contributed by atoms with Crippen LogP contribution in [0.2, 0.25) is 0 Å². The van der Waals surface area contributed by atoms with Gasteiger partial charge in [0.05, 0.1) is 0 Å². The van der Waals surface area contributed by atoms with Crippen LogP contribution in [0.15, 0.2) is 0 Å². The van der Waals surface area contributed by atoms with Crippen LogP contribution in [0.4, 0.5) is 4.79 Å². The van der Waals surface area contributed by atoms with Gasteiger partial charge in [0.25, 0.3) is 0 Å². The summed E-state index contributed by atoms with van der Waals surface area (Å²) in [6, 6.07) is 0.660. The summed E-state index contributed by atoms with van der Waals surface area (Å²) < 4.78 is 5.53. The van der Waals surface area contributed by atoms with Gasteiger partial charge in [0, 0.05) is 31.4 Å². The Kier molecular flexibility index (Phi) is 6.89. The molecule has 2 unspecified atom stereocenters. The van der Waals surface area contributed by atoms with Crippen molar-refractivity contribution < 1.29 is 9.53 Å². The molecule has 4 nitrogen and oxygen atoms in total. The second kappa shape index (κ2) is 8.31. The van der Waals surface area contributed by atoms with E-state index in [2.05, 4.69) is 30.9 Å². The number of carbonyl (C=O) groups is 1. The Hall–Kier alpha value is -0.420. The van der Waals surface area contributed by atoms with Crippen molar-refractivity contribution in [1.29, 1.82) is 0 Å². The van der Waals surface area contributed by atoms with E-state index in [4.69, 9.17) is 4.74 Å². The summed E-state index contributed by atoms with van der Waals surface area (Å²) >= 11 is 2.07. The third kappa shape index (κ3) is 5.55. The van der Waals surface area contributed by atoms with Crippen LogP contribution < -0.4 is 5.32 Å². The lowest BCUT2D eigenvalue weighted by Gasteiger charge is -2.43. The predicted molar refractivity (Wildman–Crippen MR) is 103 cm³/mol. The Labute approximate surface area is 152 Å². The topological polar surface area (TPSA) is 41.6 Å². The zero-order valence-corrected chi connectivity index (χ0v) is 17.0. The van der Waals surface area contributed by atoms with Crippen LogP contribution in [0.1, 0.15) is 60.3 Å². The molecule has 24 heavy (non-hydrogen) atoms. The third-order valence-corrected chi connectivity index (χ3v) is 6.72. The summed E-state index contributed by atoms with van der Waals surface area (Å²) in [7, 11) is 0. The molecule has 2 aliphatic rings. The van der Waals surface area contributed by atoms with E-state index in [0.717, 1.165) is 38.4 Å². The maximum atomic E-state index is 12.3. The zero-order chi connectivity index (χ0) is 17.8. The molecule has 2 fully saturated rings. The van der Waals surface area contributed by atoms with Gasteiger partial charge in [-0.3, -0.25) is 0 Å². The summed E-state index contributed by atoms with van der Waals surface area (Å²) in [5.41, 5.74) is -0.0624. The number of amides is 1. The van der Waals surface area contributed by atoms with Crippen molar-refractivity contribution in [2.24, 2.45) is 11.3 Å². The van der Waals surface area contributed by atoms with Crippen LogP contribution in [-0.2, 0) is 4.74 Å². The largest absolute Gasteiger partial charge is 0.444 e. The van der Waals surface area contributed by atoms with Gasteiger partial charge in [-0.2, -0.15) is 11.8 Å². The smallest absolute Gasteiger partial charge is 0.410 e. The molecule has 1 N–H and O–H groups in total. The first-order valence-corrected chi connectivity index (χ1v) is 10.7. The van der Waals surface area contributed by atoms with Crippen molar-refractivity contribution in [3.05, 3.63) is 0 Å². The summed E-state index contributed by atoms with van der Waals surface area (Å²) in [6.07, 6.45) is 4.48. The Morgan fingerprint density at radius 1 is 1.29 bits per heavy atom. The summed E-state index contributed by atoms with van der Waals surface area (Å²) in [5, 5.41) is 3.85. The van der Waals surface area contributed by atoms with Gasteiger partial charge < -0.3 is 15.0 Å². The molecule has 0 bridgehead atoms. The minimum absolute atomic E-state index is 0.152. The molecule has 140 valence electrons. The minimum atomic E-state index is -0.410. The minimum Gasteiger partial charge on any atom is -0.444 e. The van der Waals surface area contributed by atoms with Gasteiger partial charge in [0.2, 0.25) is 0 Å². The predicted octanol–water partition coefficient (Wildman–Crippen LogP) is 4.14. The molecule has 2 aliphatic heterocycles. The van der Waals surface area contributed by atoms with Crippen LogP contribution in [0.3, 0.4) is 0 Å². The van der Waals surface area contributed by atoms with E-state index in [0.29, 0.717) is 11.5 Å². The normalized spacial score (nSPS) is 27.3. The Balaban J connectivity index is 1.87. The van der Waals surface area contributed by atoms with E-state index in [1.807, 2.05) is 25.7 Å². The molecule has 5 heteroatoms. The Morgan fingerprint density at radius 2 is 1.96 bits per heavy atom. The van der Waals surface area contributed by atoms with Gasteiger partial charge in [-0.1, -0.05) is 20.3 Å². The molecule has 0 saturated carbocycles. The molecule has 0 aromatic heterocycles. The number of rotatable bonds is 5. The number of hydrogen-bond acceptors (Lipinski definition) is 4. The molecule has 0 aromatic rings. The fourth-order valence-corrected chi connectivity index (χ4v) is 5.25. The fourth-order valence-electron chi connectivity index (χ4n) is 3.80. The zero-order valence-electron chi connectivity index (χ0n) is 16.2. The van der Waals surface area contributed by atoms with Crippen LogP contribution in [0, 0.1) is 11.3 Å². The first-order chi connectivity index (χ1) is 11.2. The highest BCUT2D eigenvalue weighted by Crippen LogP contribution is 2.37. The van der Waals surface area contributed by atoms with Crippen molar-refractivity contribution in [3.63, 3.8) is 0 Å². The number of ether oxygens (including phenoxy) is 1. The lowest BCUT2D eigenvalue weighted by molar-refractivity contribution is 0.00841. The van der Waals surface area contributed by atoms with Crippen molar-refractivity contribution in [2.75, 3.05) is 31.1 Å². The van der Waals surface area contributed by atoms with E-state index in [1.54, 1.807) is 0 Å². The van der Waals surface area contributed by atoms with E-state index < -0.39 is 5.60 Å².